The number of thiophene rings is 1. The molecule has 0 aliphatic heterocycles. The van der Waals surface area contributed by atoms with Crippen LogP contribution in [0.1, 0.15) is 57.3 Å². The topological polar surface area (TPSA) is 46.6 Å². The lowest BCUT2D eigenvalue weighted by molar-refractivity contribution is -0.118. The van der Waals surface area contributed by atoms with Gasteiger partial charge < -0.3 is 9.64 Å². The number of carbonyl (C=O) groups excluding carboxylic acids is 2. The minimum Gasteiger partial charge on any atom is -0.465 e. The molecule has 0 bridgehead atoms. The van der Waals surface area contributed by atoms with Crippen molar-refractivity contribution >= 4 is 28.9 Å². The lowest BCUT2D eigenvalue weighted by atomic mass is 10.1. The summed E-state index contributed by atoms with van der Waals surface area (Å²) in [7, 11) is 1.20. The molecule has 0 aliphatic rings. The predicted octanol–water partition coefficient (Wildman–Crippen LogP) is 7.19. The fraction of sp³-hybridized carbons (Fsp3) is 0.212. The van der Waals surface area contributed by atoms with Crippen molar-refractivity contribution in [3.8, 4) is 11.8 Å². The third-order valence-electron chi connectivity index (χ3n) is 6.29. The van der Waals surface area contributed by atoms with Crippen LogP contribution in [0.2, 0.25) is 0 Å². The predicted molar refractivity (Wildman–Crippen MR) is 154 cm³/mol. The summed E-state index contributed by atoms with van der Waals surface area (Å²) in [6.07, 6.45) is 3.64. The molecule has 3 aromatic carbocycles. The molecule has 39 heavy (non-hydrogen) atoms. The number of esters is 1. The van der Waals surface area contributed by atoms with Crippen LogP contribution in [0.5, 0.6) is 0 Å². The number of anilines is 1. The van der Waals surface area contributed by atoms with Crippen molar-refractivity contribution in [1.29, 1.82) is 0 Å². The van der Waals surface area contributed by atoms with Gasteiger partial charge >= 0.3 is 5.97 Å². The molecule has 4 rings (SSSR count). The highest BCUT2D eigenvalue weighted by atomic mass is 32.1. The molecule has 0 spiro atoms. The zero-order valence-electron chi connectivity index (χ0n) is 22.1. The van der Waals surface area contributed by atoms with Gasteiger partial charge in [0.05, 0.1) is 25.6 Å². The van der Waals surface area contributed by atoms with Crippen molar-refractivity contribution in [2.45, 2.75) is 39.2 Å². The number of ether oxygens (including phenoxy) is 1. The van der Waals surface area contributed by atoms with Crippen LogP contribution < -0.4 is 4.90 Å². The maximum atomic E-state index is 14.3. The standard InChI is InChI=1S/C33H30FNO3S/c1-3-4-6-24-8-10-25(11-9-24)12-13-26-14-16-27(17-15-26)23-35(32(36)22-29-7-5-20-39-29)28-18-19-31(34)30(21-28)33(37)38-2/h5,7-11,14-21H,3-4,6,22-23H2,1-2H3. The van der Waals surface area contributed by atoms with Gasteiger partial charge in [0.25, 0.3) is 0 Å². The Morgan fingerprint density at radius 2 is 1.59 bits per heavy atom. The smallest absolute Gasteiger partial charge is 0.340 e. The van der Waals surface area contributed by atoms with Gasteiger partial charge in [-0.05, 0) is 77.9 Å². The van der Waals surface area contributed by atoms with Crippen LogP contribution in [0.15, 0.2) is 84.2 Å². The number of hydrogen-bond acceptors (Lipinski definition) is 4. The summed E-state index contributed by atoms with van der Waals surface area (Å²) in [6, 6.07) is 23.9. The maximum absolute atomic E-state index is 14.3. The number of amides is 1. The van der Waals surface area contributed by atoms with Crippen molar-refractivity contribution in [2.75, 3.05) is 12.0 Å². The number of aryl methyl sites for hydroxylation is 1. The molecule has 0 saturated carbocycles. The van der Waals surface area contributed by atoms with Gasteiger partial charge in [0.2, 0.25) is 5.91 Å². The summed E-state index contributed by atoms with van der Waals surface area (Å²) in [5.41, 5.74) is 4.23. The van der Waals surface area contributed by atoms with Crippen molar-refractivity contribution in [3.63, 3.8) is 0 Å². The first kappa shape index (κ1) is 27.8. The maximum Gasteiger partial charge on any atom is 0.340 e. The Morgan fingerprint density at radius 3 is 2.18 bits per heavy atom. The summed E-state index contributed by atoms with van der Waals surface area (Å²) >= 11 is 1.50. The molecule has 0 saturated heterocycles. The van der Waals surface area contributed by atoms with E-state index < -0.39 is 11.8 Å². The van der Waals surface area contributed by atoms with E-state index in [1.54, 1.807) is 4.90 Å². The molecule has 4 aromatic rings. The van der Waals surface area contributed by atoms with E-state index in [2.05, 4.69) is 43.0 Å². The van der Waals surface area contributed by atoms with E-state index in [1.807, 2.05) is 41.8 Å². The number of halogens is 1. The monoisotopic (exact) mass is 539 g/mol. The molecule has 4 nitrogen and oxygen atoms in total. The molecule has 0 atom stereocenters. The van der Waals surface area contributed by atoms with Gasteiger partial charge in [0.15, 0.2) is 0 Å². The molecule has 0 aliphatic carbocycles. The average molecular weight is 540 g/mol. The lowest BCUT2D eigenvalue weighted by Gasteiger charge is -2.23. The largest absolute Gasteiger partial charge is 0.465 e. The molecule has 0 N–H and O–H groups in total. The molecule has 1 heterocycles. The third kappa shape index (κ3) is 7.66. The fourth-order valence-electron chi connectivity index (χ4n) is 4.08. The first-order chi connectivity index (χ1) is 19.0. The van der Waals surface area contributed by atoms with Crippen LogP contribution >= 0.6 is 11.3 Å². The van der Waals surface area contributed by atoms with Gasteiger partial charge in [-0.1, -0.05) is 55.5 Å². The van der Waals surface area contributed by atoms with E-state index >= 15 is 0 Å². The second-order valence-electron chi connectivity index (χ2n) is 9.14. The fourth-order valence-corrected chi connectivity index (χ4v) is 4.78. The number of methoxy groups -OCH3 is 1. The molecule has 6 heteroatoms. The summed E-state index contributed by atoms with van der Waals surface area (Å²) < 4.78 is 19.0. The highest BCUT2D eigenvalue weighted by molar-refractivity contribution is 7.10. The van der Waals surface area contributed by atoms with E-state index in [9.17, 15) is 14.0 Å². The highest BCUT2D eigenvalue weighted by Gasteiger charge is 2.21. The molecule has 1 amide bonds. The Morgan fingerprint density at radius 1 is 0.923 bits per heavy atom. The zero-order valence-corrected chi connectivity index (χ0v) is 22.9. The summed E-state index contributed by atoms with van der Waals surface area (Å²) in [6.45, 7) is 2.44. The van der Waals surface area contributed by atoms with E-state index in [0.717, 1.165) is 28.0 Å². The zero-order chi connectivity index (χ0) is 27.6. The van der Waals surface area contributed by atoms with Gasteiger partial charge in [-0.3, -0.25) is 4.79 Å². The lowest BCUT2D eigenvalue weighted by Crippen LogP contribution is -2.32. The van der Waals surface area contributed by atoms with Gasteiger partial charge in [-0.2, -0.15) is 0 Å². The summed E-state index contributed by atoms with van der Waals surface area (Å²) in [5.74, 6) is 4.75. The molecule has 0 fully saturated rings. The minimum atomic E-state index is -0.793. The van der Waals surface area contributed by atoms with Crippen LogP contribution in [0, 0.1) is 17.7 Å². The number of nitrogens with zero attached hydrogens (tertiary/aromatic N) is 1. The Labute approximate surface area is 233 Å². The van der Waals surface area contributed by atoms with E-state index in [-0.39, 0.29) is 24.4 Å². The number of unbranched alkanes of at least 4 members (excludes halogenated alkanes) is 1. The Balaban J connectivity index is 1.53. The van der Waals surface area contributed by atoms with Gasteiger partial charge in [-0.15, -0.1) is 11.3 Å². The van der Waals surface area contributed by atoms with Crippen LogP contribution in [-0.4, -0.2) is 19.0 Å². The first-order valence-electron chi connectivity index (χ1n) is 12.9. The van der Waals surface area contributed by atoms with E-state index in [1.165, 1.54) is 55.1 Å². The third-order valence-corrected chi connectivity index (χ3v) is 7.17. The average Bonchev–Trinajstić information content (AvgIpc) is 3.48. The second-order valence-corrected chi connectivity index (χ2v) is 10.2. The molecule has 0 radical (unpaired) electrons. The normalized spacial score (nSPS) is 10.4. The summed E-state index contributed by atoms with van der Waals surface area (Å²) in [5, 5.41) is 1.92. The van der Waals surface area contributed by atoms with Crippen LogP contribution in [0.3, 0.4) is 0 Å². The van der Waals surface area contributed by atoms with Gasteiger partial charge in [-0.25, -0.2) is 9.18 Å². The van der Waals surface area contributed by atoms with E-state index in [0.29, 0.717) is 5.69 Å². The molecular weight excluding hydrogens is 509 g/mol. The first-order valence-corrected chi connectivity index (χ1v) is 13.7. The van der Waals surface area contributed by atoms with Crippen LogP contribution in [0.25, 0.3) is 0 Å². The number of hydrogen-bond donors (Lipinski definition) is 0. The number of carbonyl (C=O) groups is 2. The minimum absolute atomic E-state index is 0.161. The van der Waals surface area contributed by atoms with Gasteiger partial charge in [0.1, 0.15) is 5.82 Å². The Kier molecular flexibility index (Phi) is 9.66. The number of benzene rings is 3. The second kappa shape index (κ2) is 13.5. The Hall–Kier alpha value is -4.21. The molecular formula is C33H30FNO3S. The highest BCUT2D eigenvalue weighted by Crippen LogP contribution is 2.24. The number of rotatable bonds is 9. The van der Waals surface area contributed by atoms with Crippen LogP contribution in [-0.2, 0) is 28.9 Å². The van der Waals surface area contributed by atoms with Gasteiger partial charge in [0, 0.05) is 21.7 Å². The van der Waals surface area contributed by atoms with Crippen molar-refractivity contribution in [2.24, 2.45) is 0 Å². The van der Waals surface area contributed by atoms with E-state index in [4.69, 9.17) is 4.74 Å². The Bertz CT molecular complexity index is 1470. The van der Waals surface area contributed by atoms with Crippen molar-refractivity contribution in [1.82, 2.24) is 0 Å². The molecule has 198 valence electrons. The quantitative estimate of drug-likeness (QED) is 0.167. The van der Waals surface area contributed by atoms with Crippen molar-refractivity contribution < 1.29 is 18.7 Å². The SMILES string of the molecule is CCCCc1ccc(C#Cc2ccc(CN(C(=O)Cc3cccs3)c3ccc(F)c(C(=O)OC)c3)cc2)cc1. The van der Waals surface area contributed by atoms with Crippen LogP contribution in [0.4, 0.5) is 10.1 Å². The molecule has 1 aromatic heterocycles. The molecule has 0 unspecified atom stereocenters. The summed E-state index contributed by atoms with van der Waals surface area (Å²) in [4.78, 5) is 27.9. The van der Waals surface area contributed by atoms with Crippen molar-refractivity contribution in [3.05, 3.63) is 123 Å².